The average Bonchev–Trinajstić information content (AvgIpc) is 2.51. The summed E-state index contributed by atoms with van der Waals surface area (Å²) in [5.74, 6) is 0.776. The Morgan fingerprint density at radius 2 is 2.58 bits per heavy atom. The lowest BCUT2D eigenvalue weighted by Gasteiger charge is -2.07. The minimum Gasteiger partial charge on any atom is -0.288 e. The van der Waals surface area contributed by atoms with Gasteiger partial charge in [-0.15, -0.1) is 0 Å². The molecule has 0 amide bonds. The SMILES string of the molecule is CCC(SC(C)=O)c1ncn[nH]1. The zero-order chi connectivity index (χ0) is 8.97. The third-order valence-corrected chi connectivity index (χ3v) is 2.59. The summed E-state index contributed by atoms with van der Waals surface area (Å²) >= 11 is 1.28. The molecule has 1 heterocycles. The van der Waals surface area contributed by atoms with Crippen molar-refractivity contribution in [2.24, 2.45) is 0 Å². The van der Waals surface area contributed by atoms with Gasteiger partial charge in [-0.1, -0.05) is 18.7 Å². The van der Waals surface area contributed by atoms with Crippen molar-refractivity contribution in [1.82, 2.24) is 15.2 Å². The molecule has 0 saturated heterocycles. The molecule has 0 aliphatic heterocycles. The second-order valence-corrected chi connectivity index (χ2v) is 3.76. The van der Waals surface area contributed by atoms with E-state index in [1.54, 1.807) is 6.92 Å². The molecule has 1 rings (SSSR count). The average molecular weight is 185 g/mol. The zero-order valence-electron chi connectivity index (χ0n) is 7.07. The van der Waals surface area contributed by atoms with E-state index in [1.807, 2.05) is 6.92 Å². The zero-order valence-corrected chi connectivity index (χ0v) is 7.89. The number of nitrogens with one attached hydrogen (secondary N) is 1. The van der Waals surface area contributed by atoms with Gasteiger partial charge >= 0.3 is 0 Å². The van der Waals surface area contributed by atoms with Crippen LogP contribution in [0.1, 0.15) is 31.3 Å². The predicted molar refractivity (Wildman–Crippen MR) is 47.7 cm³/mol. The Morgan fingerprint density at radius 1 is 1.83 bits per heavy atom. The highest BCUT2D eigenvalue weighted by Gasteiger charge is 2.14. The molecule has 0 aliphatic carbocycles. The van der Waals surface area contributed by atoms with Crippen LogP contribution in [0.2, 0.25) is 0 Å². The van der Waals surface area contributed by atoms with Crippen LogP contribution >= 0.6 is 11.8 Å². The molecular formula is C7H11N3OS. The van der Waals surface area contributed by atoms with Crippen LogP contribution in [-0.2, 0) is 4.79 Å². The molecule has 1 unspecified atom stereocenters. The standard InChI is InChI=1S/C7H11N3OS/c1-3-6(12-5(2)11)7-8-4-9-10-7/h4,6H,3H2,1-2H3,(H,8,9,10). The molecule has 0 bridgehead atoms. The molecule has 0 radical (unpaired) electrons. The largest absolute Gasteiger partial charge is 0.288 e. The molecule has 1 atom stereocenters. The summed E-state index contributed by atoms with van der Waals surface area (Å²) in [5.41, 5.74) is 0. The van der Waals surface area contributed by atoms with Crippen molar-refractivity contribution in [2.45, 2.75) is 25.5 Å². The second-order valence-electron chi connectivity index (χ2n) is 2.38. The molecular weight excluding hydrogens is 174 g/mol. The molecule has 66 valence electrons. The Balaban J connectivity index is 2.63. The molecule has 0 aromatic carbocycles. The van der Waals surface area contributed by atoms with Crippen LogP contribution in [0.5, 0.6) is 0 Å². The Kier molecular flexibility index (Phi) is 3.28. The number of hydrogen-bond donors (Lipinski definition) is 1. The van der Waals surface area contributed by atoms with E-state index in [0.717, 1.165) is 12.2 Å². The first-order chi connectivity index (χ1) is 5.74. The van der Waals surface area contributed by atoms with E-state index in [-0.39, 0.29) is 10.4 Å². The summed E-state index contributed by atoms with van der Waals surface area (Å²) < 4.78 is 0. The van der Waals surface area contributed by atoms with Crippen LogP contribution in [0.4, 0.5) is 0 Å². The maximum Gasteiger partial charge on any atom is 0.186 e. The van der Waals surface area contributed by atoms with Crippen LogP contribution in [0.25, 0.3) is 0 Å². The van der Waals surface area contributed by atoms with Crippen molar-refractivity contribution in [1.29, 1.82) is 0 Å². The van der Waals surface area contributed by atoms with Crippen LogP contribution in [-0.4, -0.2) is 20.3 Å². The second kappa shape index (κ2) is 4.25. The lowest BCUT2D eigenvalue weighted by Crippen LogP contribution is -1.98. The van der Waals surface area contributed by atoms with Crippen LogP contribution < -0.4 is 0 Å². The third kappa shape index (κ3) is 2.34. The Hall–Kier alpha value is -0.840. The first-order valence-electron chi connectivity index (χ1n) is 3.76. The van der Waals surface area contributed by atoms with Gasteiger partial charge in [-0.2, -0.15) is 5.10 Å². The van der Waals surface area contributed by atoms with E-state index in [2.05, 4.69) is 15.2 Å². The molecule has 1 aromatic rings. The van der Waals surface area contributed by atoms with E-state index >= 15 is 0 Å². The number of thioether (sulfide) groups is 1. The maximum absolute atomic E-state index is 10.8. The van der Waals surface area contributed by atoms with Gasteiger partial charge in [0.1, 0.15) is 12.2 Å². The number of aromatic nitrogens is 3. The minimum absolute atomic E-state index is 0.109. The summed E-state index contributed by atoms with van der Waals surface area (Å²) in [6, 6.07) is 0. The van der Waals surface area contributed by atoms with Crippen molar-refractivity contribution in [3.8, 4) is 0 Å². The predicted octanol–water partition coefficient (Wildman–Crippen LogP) is 1.54. The highest BCUT2D eigenvalue weighted by molar-refractivity contribution is 8.13. The quantitative estimate of drug-likeness (QED) is 0.776. The third-order valence-electron chi connectivity index (χ3n) is 1.42. The number of aromatic amines is 1. The number of H-pyrrole nitrogens is 1. The van der Waals surface area contributed by atoms with Crippen LogP contribution in [0.3, 0.4) is 0 Å². The fraction of sp³-hybridized carbons (Fsp3) is 0.571. The molecule has 0 aliphatic rings. The van der Waals surface area contributed by atoms with Gasteiger partial charge in [0, 0.05) is 6.92 Å². The fourth-order valence-corrected chi connectivity index (χ4v) is 1.70. The topological polar surface area (TPSA) is 58.6 Å². The molecule has 1 N–H and O–H groups in total. The van der Waals surface area contributed by atoms with Gasteiger partial charge < -0.3 is 0 Å². The minimum atomic E-state index is 0.109. The summed E-state index contributed by atoms with van der Waals surface area (Å²) in [6.45, 7) is 3.58. The number of nitrogens with zero attached hydrogens (tertiary/aromatic N) is 2. The van der Waals surface area contributed by atoms with Gasteiger partial charge in [-0.05, 0) is 6.42 Å². The van der Waals surface area contributed by atoms with E-state index in [1.165, 1.54) is 18.1 Å². The van der Waals surface area contributed by atoms with Gasteiger partial charge in [0.05, 0.1) is 5.25 Å². The van der Waals surface area contributed by atoms with Crippen molar-refractivity contribution in [3.63, 3.8) is 0 Å². The highest BCUT2D eigenvalue weighted by atomic mass is 32.2. The van der Waals surface area contributed by atoms with Crippen LogP contribution in [0.15, 0.2) is 6.33 Å². The Bertz CT molecular complexity index is 247. The van der Waals surface area contributed by atoms with E-state index < -0.39 is 0 Å². The van der Waals surface area contributed by atoms with Gasteiger partial charge in [0.15, 0.2) is 5.12 Å². The lowest BCUT2D eigenvalue weighted by molar-refractivity contribution is -0.109. The van der Waals surface area contributed by atoms with Crippen molar-refractivity contribution in [3.05, 3.63) is 12.2 Å². The number of rotatable bonds is 3. The maximum atomic E-state index is 10.8. The molecule has 0 saturated carbocycles. The summed E-state index contributed by atoms with van der Waals surface area (Å²) in [5, 5.41) is 6.72. The molecule has 5 heteroatoms. The molecule has 0 fully saturated rings. The summed E-state index contributed by atoms with van der Waals surface area (Å²) in [7, 11) is 0. The van der Waals surface area contributed by atoms with E-state index in [9.17, 15) is 4.79 Å². The first-order valence-corrected chi connectivity index (χ1v) is 4.64. The summed E-state index contributed by atoms with van der Waals surface area (Å²) in [6.07, 6.45) is 2.33. The molecule has 12 heavy (non-hydrogen) atoms. The number of carbonyl (C=O) groups is 1. The molecule has 4 nitrogen and oxygen atoms in total. The van der Waals surface area contributed by atoms with Gasteiger partial charge in [-0.3, -0.25) is 9.89 Å². The fourth-order valence-electron chi connectivity index (χ4n) is 0.903. The smallest absolute Gasteiger partial charge is 0.186 e. The van der Waals surface area contributed by atoms with Crippen molar-refractivity contribution in [2.75, 3.05) is 0 Å². The van der Waals surface area contributed by atoms with Gasteiger partial charge in [0.25, 0.3) is 0 Å². The van der Waals surface area contributed by atoms with Gasteiger partial charge in [-0.25, -0.2) is 4.98 Å². The lowest BCUT2D eigenvalue weighted by atomic mass is 10.3. The Morgan fingerprint density at radius 3 is 3.00 bits per heavy atom. The number of hydrogen-bond acceptors (Lipinski definition) is 4. The Labute approximate surface area is 75.2 Å². The summed E-state index contributed by atoms with van der Waals surface area (Å²) in [4.78, 5) is 14.8. The van der Waals surface area contributed by atoms with E-state index in [4.69, 9.17) is 0 Å². The van der Waals surface area contributed by atoms with Crippen molar-refractivity contribution >= 4 is 16.9 Å². The van der Waals surface area contributed by atoms with Crippen LogP contribution in [0, 0.1) is 0 Å². The molecule has 1 aromatic heterocycles. The highest BCUT2D eigenvalue weighted by Crippen LogP contribution is 2.29. The van der Waals surface area contributed by atoms with Crippen molar-refractivity contribution < 1.29 is 4.79 Å². The monoisotopic (exact) mass is 185 g/mol. The van der Waals surface area contributed by atoms with E-state index in [0.29, 0.717) is 0 Å². The molecule has 0 spiro atoms. The first kappa shape index (κ1) is 9.25. The normalized spacial score (nSPS) is 12.8. The number of carbonyl (C=O) groups excluding carboxylic acids is 1. The van der Waals surface area contributed by atoms with Gasteiger partial charge in [0.2, 0.25) is 0 Å².